The van der Waals surface area contributed by atoms with E-state index < -0.39 is 26.5 Å². The molecule has 0 amide bonds. The second-order valence-electron chi connectivity index (χ2n) is 14.2. The summed E-state index contributed by atoms with van der Waals surface area (Å²) in [6.45, 7) is 3.72. The summed E-state index contributed by atoms with van der Waals surface area (Å²) in [5, 5.41) is 0. The van der Waals surface area contributed by atoms with Gasteiger partial charge in [0.05, 0.1) is 13.2 Å². The molecular formula is C40H80NO8P. The molecule has 0 aromatic carbocycles. The van der Waals surface area contributed by atoms with Gasteiger partial charge in [-0.2, -0.15) is 0 Å². The van der Waals surface area contributed by atoms with Crippen LogP contribution in [0.4, 0.5) is 0 Å². The van der Waals surface area contributed by atoms with Crippen LogP contribution in [0.1, 0.15) is 213 Å². The number of hydrogen-bond acceptors (Lipinski definition) is 8. The van der Waals surface area contributed by atoms with Gasteiger partial charge in [-0.15, -0.1) is 0 Å². The van der Waals surface area contributed by atoms with E-state index in [1.54, 1.807) is 0 Å². The molecule has 0 fully saturated rings. The van der Waals surface area contributed by atoms with Gasteiger partial charge in [0.15, 0.2) is 6.10 Å². The maximum absolute atomic E-state index is 12.4. The van der Waals surface area contributed by atoms with Gasteiger partial charge in [-0.3, -0.25) is 18.6 Å². The highest BCUT2D eigenvalue weighted by Crippen LogP contribution is 2.43. The van der Waals surface area contributed by atoms with E-state index in [1.807, 2.05) is 0 Å². The molecule has 0 aliphatic heterocycles. The second-order valence-corrected chi connectivity index (χ2v) is 15.7. The number of unbranched alkanes of at least 4 members (excludes halogenated alkanes) is 27. The molecule has 0 radical (unpaired) electrons. The quantitative estimate of drug-likeness (QED) is 0.0358. The Morgan fingerprint density at radius 1 is 0.520 bits per heavy atom. The molecule has 0 heterocycles. The van der Waals surface area contributed by atoms with Gasteiger partial charge in [0.1, 0.15) is 6.61 Å². The third-order valence-electron chi connectivity index (χ3n) is 9.24. The number of nitrogens with two attached hydrogens (primary N) is 1. The molecule has 1 unspecified atom stereocenters. The molecule has 50 heavy (non-hydrogen) atoms. The van der Waals surface area contributed by atoms with Crippen molar-refractivity contribution in [1.82, 2.24) is 0 Å². The van der Waals surface area contributed by atoms with Crippen molar-refractivity contribution in [2.75, 3.05) is 26.4 Å². The standard InChI is InChI=1S/C40H80NO8P/c1-3-5-7-9-11-13-14-15-16-17-18-19-20-21-22-23-24-25-27-28-30-32-39(42)46-36-38(37-48-50(44,45)47-35-34-41)49-40(43)33-31-29-26-12-10-8-6-4-2/h38H,3-37,41H2,1-2H3,(H,44,45)/t38-/m0/s1. The van der Waals surface area contributed by atoms with Gasteiger partial charge in [-0.25, -0.2) is 4.57 Å². The Bertz CT molecular complexity index is 799. The Morgan fingerprint density at radius 3 is 1.22 bits per heavy atom. The normalized spacial score (nSPS) is 13.3. The third-order valence-corrected chi connectivity index (χ3v) is 10.2. The van der Waals surface area contributed by atoms with Crippen LogP contribution in [0.25, 0.3) is 0 Å². The van der Waals surface area contributed by atoms with E-state index in [1.165, 1.54) is 141 Å². The first kappa shape index (κ1) is 49.0. The molecule has 0 saturated carbocycles. The van der Waals surface area contributed by atoms with Crippen LogP contribution in [0.3, 0.4) is 0 Å². The molecule has 0 rings (SSSR count). The minimum Gasteiger partial charge on any atom is -0.462 e. The van der Waals surface area contributed by atoms with E-state index in [0.717, 1.165) is 38.5 Å². The van der Waals surface area contributed by atoms with Gasteiger partial charge < -0.3 is 20.1 Å². The molecule has 298 valence electrons. The second kappa shape index (κ2) is 37.8. The Labute approximate surface area is 307 Å². The highest BCUT2D eigenvalue weighted by Gasteiger charge is 2.26. The predicted molar refractivity (Wildman–Crippen MR) is 206 cm³/mol. The average Bonchev–Trinajstić information content (AvgIpc) is 3.10. The number of phosphoric ester groups is 1. The molecule has 2 atom stereocenters. The zero-order valence-corrected chi connectivity index (χ0v) is 33.6. The lowest BCUT2D eigenvalue weighted by Gasteiger charge is -2.19. The third kappa shape index (κ3) is 36.8. The van der Waals surface area contributed by atoms with E-state index in [9.17, 15) is 19.0 Å². The summed E-state index contributed by atoms with van der Waals surface area (Å²) in [5.41, 5.74) is 5.33. The Kier molecular flexibility index (Phi) is 37.0. The van der Waals surface area contributed by atoms with E-state index >= 15 is 0 Å². The summed E-state index contributed by atoms with van der Waals surface area (Å²) in [5.74, 6) is -0.820. The van der Waals surface area contributed by atoms with Crippen LogP contribution in [0, 0.1) is 0 Å². The van der Waals surface area contributed by atoms with Crippen molar-refractivity contribution in [2.45, 2.75) is 219 Å². The van der Waals surface area contributed by atoms with E-state index in [-0.39, 0.29) is 38.6 Å². The van der Waals surface area contributed by atoms with Crippen LogP contribution >= 0.6 is 7.82 Å². The van der Waals surface area contributed by atoms with Crippen molar-refractivity contribution in [3.05, 3.63) is 0 Å². The molecule has 0 bridgehead atoms. The first-order valence-electron chi connectivity index (χ1n) is 21.0. The molecular weight excluding hydrogens is 653 g/mol. The lowest BCUT2D eigenvalue weighted by molar-refractivity contribution is -0.161. The zero-order chi connectivity index (χ0) is 36.8. The number of rotatable bonds is 40. The van der Waals surface area contributed by atoms with Crippen molar-refractivity contribution in [3.8, 4) is 0 Å². The van der Waals surface area contributed by atoms with Crippen LogP contribution in [-0.4, -0.2) is 49.3 Å². The minimum atomic E-state index is -4.36. The molecule has 0 aromatic rings. The molecule has 3 N–H and O–H groups in total. The average molecular weight is 734 g/mol. The molecule has 0 aliphatic rings. The number of carbonyl (C=O) groups is 2. The molecule has 10 heteroatoms. The highest BCUT2D eigenvalue weighted by atomic mass is 31.2. The van der Waals surface area contributed by atoms with Crippen molar-refractivity contribution in [1.29, 1.82) is 0 Å². The summed E-state index contributed by atoms with van der Waals surface area (Å²) in [7, 11) is -4.36. The topological polar surface area (TPSA) is 134 Å². The van der Waals surface area contributed by atoms with Crippen molar-refractivity contribution in [3.63, 3.8) is 0 Å². The van der Waals surface area contributed by atoms with Crippen LogP contribution in [-0.2, 0) is 32.7 Å². The first-order chi connectivity index (χ1) is 24.3. The van der Waals surface area contributed by atoms with E-state index in [2.05, 4.69) is 13.8 Å². The Hall–Kier alpha value is -0.990. The zero-order valence-electron chi connectivity index (χ0n) is 32.7. The molecule has 0 saturated heterocycles. The number of phosphoric acid groups is 1. The summed E-state index contributed by atoms with van der Waals surface area (Å²) in [4.78, 5) is 34.6. The van der Waals surface area contributed by atoms with Gasteiger partial charge in [0.25, 0.3) is 0 Å². The van der Waals surface area contributed by atoms with E-state index in [4.69, 9.17) is 24.3 Å². The molecule has 0 spiro atoms. The van der Waals surface area contributed by atoms with Crippen LogP contribution < -0.4 is 5.73 Å². The van der Waals surface area contributed by atoms with E-state index in [0.29, 0.717) is 6.42 Å². The lowest BCUT2D eigenvalue weighted by atomic mass is 10.0. The number of esters is 2. The monoisotopic (exact) mass is 734 g/mol. The van der Waals surface area contributed by atoms with Crippen molar-refractivity contribution >= 4 is 19.8 Å². The fourth-order valence-electron chi connectivity index (χ4n) is 6.11. The van der Waals surface area contributed by atoms with Gasteiger partial charge in [0.2, 0.25) is 0 Å². The van der Waals surface area contributed by atoms with Gasteiger partial charge >= 0.3 is 19.8 Å². The van der Waals surface area contributed by atoms with Crippen molar-refractivity contribution in [2.24, 2.45) is 5.73 Å². The predicted octanol–water partition coefficient (Wildman–Crippen LogP) is 11.7. The SMILES string of the molecule is CCCCCCCCCCCCCCCCCCCCCCCC(=O)OC[C@@H](COP(=O)(O)OCCN)OC(=O)CCCCCCCCCC. The van der Waals surface area contributed by atoms with Gasteiger partial charge in [-0.1, -0.05) is 187 Å². The summed E-state index contributed by atoms with van der Waals surface area (Å²) < 4.78 is 32.6. The summed E-state index contributed by atoms with van der Waals surface area (Å²) >= 11 is 0. The van der Waals surface area contributed by atoms with Crippen LogP contribution in [0.2, 0.25) is 0 Å². The molecule has 0 aromatic heterocycles. The van der Waals surface area contributed by atoms with Crippen LogP contribution in [0.5, 0.6) is 0 Å². The highest BCUT2D eigenvalue weighted by molar-refractivity contribution is 7.47. The van der Waals surface area contributed by atoms with Crippen LogP contribution in [0.15, 0.2) is 0 Å². The largest absolute Gasteiger partial charge is 0.472 e. The Balaban J connectivity index is 3.96. The smallest absolute Gasteiger partial charge is 0.462 e. The first-order valence-corrected chi connectivity index (χ1v) is 22.5. The lowest BCUT2D eigenvalue weighted by Crippen LogP contribution is -2.29. The summed E-state index contributed by atoms with van der Waals surface area (Å²) in [6.07, 6.45) is 35.8. The molecule has 0 aliphatic carbocycles. The van der Waals surface area contributed by atoms with Gasteiger partial charge in [-0.05, 0) is 12.8 Å². The fraction of sp³-hybridized carbons (Fsp3) is 0.950. The maximum Gasteiger partial charge on any atom is 0.472 e. The van der Waals surface area contributed by atoms with Crippen molar-refractivity contribution < 1.29 is 37.6 Å². The number of ether oxygens (including phenoxy) is 2. The number of carbonyl (C=O) groups excluding carboxylic acids is 2. The maximum atomic E-state index is 12.4. The summed E-state index contributed by atoms with van der Waals surface area (Å²) in [6, 6.07) is 0. The minimum absolute atomic E-state index is 0.0576. The van der Waals surface area contributed by atoms with Gasteiger partial charge in [0, 0.05) is 19.4 Å². The fourth-order valence-corrected chi connectivity index (χ4v) is 6.87. The Morgan fingerprint density at radius 2 is 0.860 bits per heavy atom. The number of hydrogen-bond donors (Lipinski definition) is 2. The molecule has 9 nitrogen and oxygen atoms in total.